The Morgan fingerprint density at radius 1 is 0.886 bits per heavy atom. The fraction of sp³-hybridized carbons (Fsp3) is 0.444. The molecule has 0 spiro atoms. The Morgan fingerprint density at radius 3 is 2.20 bits per heavy atom. The molecular formula is C27H33F3N2O3. The lowest BCUT2D eigenvalue weighted by Gasteiger charge is -2.13. The molecule has 2 aromatic carbocycles. The minimum absolute atomic E-state index is 0.264. The van der Waals surface area contributed by atoms with E-state index in [4.69, 9.17) is 9.47 Å². The monoisotopic (exact) mass is 490 g/mol. The van der Waals surface area contributed by atoms with Gasteiger partial charge in [-0.1, -0.05) is 45.4 Å². The number of halogens is 3. The van der Waals surface area contributed by atoms with Crippen molar-refractivity contribution in [3.05, 3.63) is 59.8 Å². The summed E-state index contributed by atoms with van der Waals surface area (Å²) in [5.41, 5.74) is 3.78. The van der Waals surface area contributed by atoms with Gasteiger partial charge in [-0.05, 0) is 61.9 Å². The van der Waals surface area contributed by atoms with Crippen LogP contribution < -0.4 is 10.2 Å². The van der Waals surface area contributed by atoms with Crippen molar-refractivity contribution in [2.45, 2.75) is 65.0 Å². The van der Waals surface area contributed by atoms with Crippen LogP contribution >= 0.6 is 0 Å². The lowest BCUT2D eigenvalue weighted by Crippen LogP contribution is -2.21. The van der Waals surface area contributed by atoms with Crippen LogP contribution in [0.3, 0.4) is 0 Å². The topological polar surface area (TPSA) is 52.5 Å². The molecule has 0 saturated carbocycles. The maximum absolute atomic E-state index is 12.8. The third kappa shape index (κ3) is 7.41. The average Bonchev–Trinajstić information content (AvgIpc) is 3.18. The number of alkyl halides is 3. The second kappa shape index (κ2) is 12.5. The maximum Gasteiger partial charge on any atom is 0.416 e. The average molecular weight is 491 g/mol. The highest BCUT2D eigenvalue weighted by molar-refractivity contribution is 5.96. The Balaban J connectivity index is 1.71. The number of rotatable bonds is 13. The van der Waals surface area contributed by atoms with Crippen LogP contribution in [-0.2, 0) is 10.9 Å². The van der Waals surface area contributed by atoms with Crippen molar-refractivity contribution >= 4 is 16.9 Å². The second-order valence-corrected chi connectivity index (χ2v) is 8.46. The molecule has 0 amide bonds. The van der Waals surface area contributed by atoms with Crippen molar-refractivity contribution < 1.29 is 27.4 Å². The molecule has 0 radical (unpaired) electrons. The molecule has 0 aliphatic heterocycles. The smallest absolute Gasteiger partial charge is 0.416 e. The van der Waals surface area contributed by atoms with E-state index >= 15 is 0 Å². The zero-order chi connectivity index (χ0) is 25.3. The third-order valence-electron chi connectivity index (χ3n) is 5.73. The fourth-order valence-corrected chi connectivity index (χ4v) is 3.90. The lowest BCUT2D eigenvalue weighted by molar-refractivity contribution is -0.137. The van der Waals surface area contributed by atoms with E-state index in [2.05, 4.69) is 12.3 Å². The van der Waals surface area contributed by atoms with E-state index in [1.54, 1.807) is 29.8 Å². The number of ether oxygens (including phenoxy) is 2. The van der Waals surface area contributed by atoms with Gasteiger partial charge in [0, 0.05) is 11.9 Å². The zero-order valence-electron chi connectivity index (χ0n) is 20.3. The zero-order valence-corrected chi connectivity index (χ0v) is 20.3. The Morgan fingerprint density at radius 2 is 1.54 bits per heavy atom. The first-order chi connectivity index (χ1) is 16.8. The van der Waals surface area contributed by atoms with Crippen molar-refractivity contribution in [3.63, 3.8) is 0 Å². The summed E-state index contributed by atoms with van der Waals surface area (Å²) in [5.74, 6) is 0.317. The van der Waals surface area contributed by atoms with Crippen LogP contribution in [-0.4, -0.2) is 23.8 Å². The van der Waals surface area contributed by atoms with Gasteiger partial charge in [-0.2, -0.15) is 13.2 Å². The summed E-state index contributed by atoms with van der Waals surface area (Å²) in [6.45, 7) is 4.94. The first-order valence-electron chi connectivity index (χ1n) is 12.2. The van der Waals surface area contributed by atoms with E-state index in [-0.39, 0.29) is 6.61 Å². The number of aromatic nitrogens is 1. The highest BCUT2D eigenvalue weighted by Gasteiger charge is 2.30. The molecule has 1 aromatic heterocycles. The number of carbonyl (C=O) groups is 1. The molecule has 0 saturated heterocycles. The number of hydrogen-bond donors (Lipinski definition) is 1. The third-order valence-corrected chi connectivity index (χ3v) is 5.73. The molecule has 1 N–H and O–H groups in total. The second-order valence-electron chi connectivity index (χ2n) is 8.46. The van der Waals surface area contributed by atoms with Gasteiger partial charge < -0.3 is 14.9 Å². The summed E-state index contributed by atoms with van der Waals surface area (Å²) in [5, 5.41) is 0.754. The van der Waals surface area contributed by atoms with Crippen LogP contribution in [0.25, 0.3) is 10.9 Å². The number of carbonyl (C=O) groups excluding carboxylic acids is 1. The predicted molar refractivity (Wildman–Crippen MR) is 132 cm³/mol. The maximum atomic E-state index is 12.8. The summed E-state index contributed by atoms with van der Waals surface area (Å²) in [7, 11) is 0. The molecule has 1 heterocycles. The highest BCUT2D eigenvalue weighted by Crippen LogP contribution is 2.32. The minimum Gasteiger partial charge on any atom is -0.461 e. The van der Waals surface area contributed by atoms with Crippen molar-refractivity contribution in [2.24, 2.45) is 0 Å². The first-order valence-corrected chi connectivity index (χ1v) is 12.2. The molecule has 0 aliphatic carbocycles. The van der Waals surface area contributed by atoms with E-state index in [0.717, 1.165) is 35.9 Å². The van der Waals surface area contributed by atoms with E-state index < -0.39 is 17.7 Å². The summed E-state index contributed by atoms with van der Waals surface area (Å²) in [6.07, 6.45) is 3.94. The van der Waals surface area contributed by atoms with Crippen molar-refractivity contribution in [1.29, 1.82) is 0 Å². The van der Waals surface area contributed by atoms with Crippen LogP contribution in [0.2, 0.25) is 0 Å². The number of benzene rings is 2. The van der Waals surface area contributed by atoms with E-state index in [0.29, 0.717) is 23.7 Å². The predicted octanol–water partition coefficient (Wildman–Crippen LogP) is 7.92. The largest absolute Gasteiger partial charge is 0.461 e. The van der Waals surface area contributed by atoms with Gasteiger partial charge in [-0.15, -0.1) is 0 Å². The van der Waals surface area contributed by atoms with E-state index in [1.807, 2.05) is 6.07 Å². The van der Waals surface area contributed by atoms with Gasteiger partial charge in [0.05, 0.1) is 17.7 Å². The molecule has 35 heavy (non-hydrogen) atoms. The number of nitrogens with one attached hydrogen (secondary N) is 1. The molecule has 0 fully saturated rings. The van der Waals surface area contributed by atoms with Gasteiger partial charge in [-0.3, -0.25) is 4.68 Å². The van der Waals surface area contributed by atoms with Crippen LogP contribution in [0.4, 0.5) is 13.2 Å². The molecule has 8 heteroatoms. The van der Waals surface area contributed by atoms with Crippen molar-refractivity contribution in [1.82, 2.24) is 4.68 Å². The van der Waals surface area contributed by atoms with Crippen LogP contribution in [0.15, 0.2) is 48.5 Å². The normalized spacial score (nSPS) is 11.6. The van der Waals surface area contributed by atoms with Gasteiger partial charge >= 0.3 is 12.1 Å². The van der Waals surface area contributed by atoms with Crippen LogP contribution in [0.5, 0.6) is 11.5 Å². The van der Waals surface area contributed by atoms with Gasteiger partial charge in [0.15, 0.2) is 0 Å². The Hall–Kier alpha value is -3.16. The van der Waals surface area contributed by atoms with Gasteiger partial charge in [0.1, 0.15) is 17.2 Å². The first kappa shape index (κ1) is 26.4. The summed E-state index contributed by atoms with van der Waals surface area (Å²) >= 11 is 0. The summed E-state index contributed by atoms with van der Waals surface area (Å²) in [4.78, 5) is 12.6. The van der Waals surface area contributed by atoms with E-state index in [9.17, 15) is 18.0 Å². The minimum atomic E-state index is -4.40. The standard InChI is InChI=1S/C27H33F3N2O3/c1-3-5-6-7-8-9-10-17-31-32-24-16-15-23(18-20(24)19-25(32)26(33)34-4-2)35-22-13-11-21(12-14-22)27(28,29)30/h11-16,18-19,31H,3-10,17H2,1-2H3. The highest BCUT2D eigenvalue weighted by atomic mass is 19.4. The molecule has 5 nitrogen and oxygen atoms in total. The molecular weight excluding hydrogens is 457 g/mol. The molecule has 190 valence electrons. The Labute approximate surface area is 204 Å². The molecule has 0 unspecified atom stereocenters. The molecule has 0 bridgehead atoms. The van der Waals surface area contributed by atoms with Gasteiger partial charge in [0.25, 0.3) is 0 Å². The van der Waals surface area contributed by atoms with Crippen LogP contribution in [0, 0.1) is 0 Å². The van der Waals surface area contributed by atoms with Crippen molar-refractivity contribution in [3.8, 4) is 11.5 Å². The summed E-state index contributed by atoms with van der Waals surface area (Å²) in [6, 6.07) is 11.5. The SMILES string of the molecule is CCCCCCCCCNn1c(C(=O)OCC)cc2cc(Oc3ccc(C(F)(F)F)cc3)ccc21. The number of unbranched alkanes of at least 4 members (excludes halogenated alkanes) is 6. The lowest BCUT2D eigenvalue weighted by atomic mass is 10.1. The molecule has 0 atom stereocenters. The number of hydrogen-bond acceptors (Lipinski definition) is 4. The number of fused-ring (bicyclic) bond motifs is 1. The van der Waals surface area contributed by atoms with Crippen molar-refractivity contribution in [2.75, 3.05) is 18.6 Å². The number of esters is 1. The van der Waals surface area contributed by atoms with Gasteiger partial charge in [-0.25, -0.2) is 4.79 Å². The molecule has 3 aromatic rings. The number of nitrogens with zero attached hydrogens (tertiary/aromatic N) is 1. The molecule has 3 rings (SSSR count). The van der Waals surface area contributed by atoms with E-state index in [1.165, 1.54) is 44.2 Å². The van der Waals surface area contributed by atoms with Gasteiger partial charge in [0.2, 0.25) is 0 Å². The fourth-order valence-electron chi connectivity index (χ4n) is 3.90. The summed E-state index contributed by atoms with van der Waals surface area (Å²) < 4.78 is 51.1. The Kier molecular flexibility index (Phi) is 9.46. The molecule has 0 aliphatic rings. The Bertz CT molecular complexity index is 1090. The van der Waals surface area contributed by atoms with Crippen LogP contribution in [0.1, 0.15) is 74.8 Å². The quantitative estimate of drug-likeness (QED) is 0.195.